The Bertz CT molecular complexity index is 363. The molecule has 0 aliphatic carbocycles. The highest BCUT2D eigenvalue weighted by Crippen LogP contribution is 2.30. The molecule has 1 unspecified atom stereocenters. The van der Waals surface area contributed by atoms with Gasteiger partial charge >= 0.3 is 0 Å². The summed E-state index contributed by atoms with van der Waals surface area (Å²) < 4.78 is 27.4. The van der Waals surface area contributed by atoms with Crippen LogP contribution in [-0.2, 0) is 4.74 Å². The van der Waals surface area contributed by atoms with Gasteiger partial charge in [-0.15, -0.1) is 0 Å². The van der Waals surface area contributed by atoms with Crippen molar-refractivity contribution in [2.24, 2.45) is 0 Å². The molecule has 1 saturated heterocycles. The van der Waals surface area contributed by atoms with E-state index in [2.05, 4.69) is 0 Å². The maximum Gasteiger partial charge on any atom is 0.106 e. The van der Waals surface area contributed by atoms with Crippen molar-refractivity contribution in [2.45, 2.75) is 6.10 Å². The lowest BCUT2D eigenvalue weighted by Crippen LogP contribution is -1.77. The number of benzene rings is 1. The third-order valence-electron chi connectivity index (χ3n) is 1.34. The summed E-state index contributed by atoms with van der Waals surface area (Å²) in [7, 11) is 0. The molecule has 1 nitrogen and oxygen atoms in total. The van der Waals surface area contributed by atoms with Gasteiger partial charge in [-0.05, 0) is 17.6 Å². The Morgan fingerprint density at radius 3 is 3.30 bits per heavy atom. The lowest BCUT2D eigenvalue weighted by Gasteiger charge is -1.93. The van der Waals surface area contributed by atoms with Crippen molar-refractivity contribution in [1.29, 1.82) is 0 Å². The minimum atomic E-state index is -0.0882. The predicted octanol–water partition coefficient (Wildman–Crippen LogP) is 2.41. The molecule has 1 aliphatic heterocycles. The highest BCUT2D eigenvalue weighted by Gasteiger charge is 2.24. The minimum absolute atomic E-state index is 0.0398. The van der Waals surface area contributed by atoms with Gasteiger partial charge < -0.3 is 4.74 Å². The molecule has 0 saturated carbocycles. The van der Waals surface area contributed by atoms with Crippen LogP contribution in [0, 0.1) is 0 Å². The third kappa shape index (κ3) is 1.15. The molecule has 2 rings (SSSR count). The lowest BCUT2D eigenvalue weighted by molar-refractivity contribution is 0.415. The monoisotopic (exact) mass is 157 g/mol. The molecule has 1 heterocycles. The minimum Gasteiger partial charge on any atom is -0.368 e. The van der Waals surface area contributed by atoms with E-state index in [0.29, 0.717) is 12.2 Å². The van der Waals surface area contributed by atoms with Crippen LogP contribution in [0.5, 0.6) is 0 Å². The number of epoxide rings is 1. The van der Waals surface area contributed by atoms with Crippen LogP contribution in [0.3, 0.4) is 0 Å². The van der Waals surface area contributed by atoms with Crippen LogP contribution in [0.15, 0.2) is 24.2 Å². The summed E-state index contributed by atoms with van der Waals surface area (Å²) in [5.41, 5.74) is 0.617. The van der Waals surface area contributed by atoms with Gasteiger partial charge in [0.1, 0.15) is 6.10 Å². The van der Waals surface area contributed by atoms with Crippen molar-refractivity contribution in [3.8, 4) is 0 Å². The fourth-order valence-electron chi connectivity index (χ4n) is 0.772. The first kappa shape index (κ1) is 3.74. The van der Waals surface area contributed by atoms with Crippen LogP contribution in [0.25, 0.3) is 0 Å². The Morgan fingerprint density at radius 1 is 1.80 bits per heavy atom. The fourth-order valence-corrected chi connectivity index (χ4v) is 0.936. The van der Waals surface area contributed by atoms with Crippen LogP contribution in [0.2, 0.25) is 5.02 Å². The zero-order chi connectivity index (χ0) is 9.59. The van der Waals surface area contributed by atoms with Crippen molar-refractivity contribution < 1.29 is 8.85 Å². The standard InChI is InChI=1S/C8H7ClO/c9-7-3-1-2-6(4-7)8-5-10-8/h1-4,8H,5H2/i1D,3D,4D. The largest absolute Gasteiger partial charge is 0.368 e. The molecular formula is C8H7ClO. The third-order valence-corrected chi connectivity index (χ3v) is 1.53. The van der Waals surface area contributed by atoms with E-state index in [9.17, 15) is 0 Å². The Balaban J connectivity index is 2.58. The van der Waals surface area contributed by atoms with Crippen LogP contribution in [-0.4, -0.2) is 6.61 Å². The average Bonchev–Trinajstić information content (AvgIpc) is 2.91. The topological polar surface area (TPSA) is 12.5 Å². The summed E-state index contributed by atoms with van der Waals surface area (Å²) in [4.78, 5) is 0. The summed E-state index contributed by atoms with van der Waals surface area (Å²) in [6.45, 7) is 0.582. The number of hydrogen-bond donors (Lipinski definition) is 0. The normalized spacial score (nSPS) is 26.9. The summed E-state index contributed by atoms with van der Waals surface area (Å²) in [5, 5.41) is 0.0398. The van der Waals surface area contributed by atoms with E-state index in [4.69, 9.17) is 20.5 Å². The van der Waals surface area contributed by atoms with E-state index in [1.165, 1.54) is 6.07 Å². The Hall–Kier alpha value is -0.530. The second kappa shape index (κ2) is 2.26. The second-order valence-corrected chi connectivity index (χ2v) is 2.51. The van der Waals surface area contributed by atoms with Crippen molar-refractivity contribution in [1.82, 2.24) is 0 Å². The first-order valence-corrected chi connectivity index (χ1v) is 3.37. The predicted molar refractivity (Wildman–Crippen MR) is 40.1 cm³/mol. The van der Waals surface area contributed by atoms with Crippen molar-refractivity contribution in [3.05, 3.63) is 34.8 Å². The summed E-state index contributed by atoms with van der Waals surface area (Å²) in [6, 6.07) is 1.56. The number of ether oxygens (including phenoxy) is 1. The lowest BCUT2D eigenvalue weighted by atomic mass is 10.2. The Labute approximate surface area is 68.8 Å². The Morgan fingerprint density at radius 2 is 2.60 bits per heavy atom. The van der Waals surface area contributed by atoms with Gasteiger partial charge in [-0.25, -0.2) is 0 Å². The van der Waals surface area contributed by atoms with E-state index in [0.717, 1.165) is 0 Å². The smallest absolute Gasteiger partial charge is 0.106 e. The summed E-state index contributed by atoms with van der Waals surface area (Å²) in [6.07, 6.45) is -0.0882. The molecule has 0 radical (unpaired) electrons. The van der Waals surface area contributed by atoms with Gasteiger partial charge in [0.25, 0.3) is 0 Å². The van der Waals surface area contributed by atoms with Gasteiger partial charge in [0.2, 0.25) is 0 Å². The molecule has 1 aliphatic rings. The van der Waals surface area contributed by atoms with E-state index < -0.39 is 0 Å². The number of hydrogen-bond acceptors (Lipinski definition) is 1. The SMILES string of the molecule is [2H]c1cc(C2CO2)c([2H])c(Cl)c1[2H]. The van der Waals surface area contributed by atoms with Gasteiger partial charge in [0.15, 0.2) is 0 Å². The zero-order valence-electron chi connectivity index (χ0n) is 8.15. The maximum absolute atomic E-state index is 7.59. The molecule has 1 aromatic carbocycles. The molecule has 10 heavy (non-hydrogen) atoms. The highest BCUT2D eigenvalue weighted by molar-refractivity contribution is 6.30. The van der Waals surface area contributed by atoms with Crippen molar-refractivity contribution in [2.75, 3.05) is 6.61 Å². The van der Waals surface area contributed by atoms with Gasteiger partial charge in [0, 0.05) is 5.02 Å². The van der Waals surface area contributed by atoms with Gasteiger partial charge in [-0.3, -0.25) is 0 Å². The van der Waals surface area contributed by atoms with Crippen LogP contribution >= 0.6 is 11.6 Å². The molecule has 0 spiro atoms. The van der Waals surface area contributed by atoms with E-state index in [-0.39, 0.29) is 29.3 Å². The van der Waals surface area contributed by atoms with Gasteiger partial charge in [0.05, 0.1) is 10.7 Å². The van der Waals surface area contributed by atoms with Crippen molar-refractivity contribution in [3.63, 3.8) is 0 Å². The number of rotatable bonds is 1. The van der Waals surface area contributed by atoms with Gasteiger partial charge in [-0.2, -0.15) is 0 Å². The molecule has 0 bridgehead atoms. The zero-order valence-corrected chi connectivity index (χ0v) is 5.90. The van der Waals surface area contributed by atoms with E-state index in [1.54, 1.807) is 0 Å². The summed E-state index contributed by atoms with van der Waals surface area (Å²) >= 11 is 5.71. The fraction of sp³-hybridized carbons (Fsp3) is 0.250. The average molecular weight is 158 g/mol. The van der Waals surface area contributed by atoms with Crippen LogP contribution in [0.4, 0.5) is 0 Å². The molecule has 0 N–H and O–H groups in total. The van der Waals surface area contributed by atoms with Crippen molar-refractivity contribution >= 4 is 11.6 Å². The molecule has 1 fully saturated rings. The summed E-state index contributed by atoms with van der Waals surface area (Å²) in [5.74, 6) is 0. The molecule has 1 atom stereocenters. The van der Waals surface area contributed by atoms with Crippen LogP contribution < -0.4 is 0 Å². The first-order chi connectivity index (χ1) is 6.11. The first-order valence-electron chi connectivity index (χ1n) is 4.49. The molecular weight excluding hydrogens is 148 g/mol. The van der Waals surface area contributed by atoms with Crippen LogP contribution in [0.1, 0.15) is 15.8 Å². The van der Waals surface area contributed by atoms with E-state index >= 15 is 0 Å². The second-order valence-electron chi connectivity index (χ2n) is 2.13. The molecule has 0 aromatic heterocycles. The van der Waals surface area contributed by atoms with E-state index in [1.807, 2.05) is 0 Å². The molecule has 1 aromatic rings. The van der Waals surface area contributed by atoms with Gasteiger partial charge in [-0.1, -0.05) is 23.7 Å². The highest BCUT2D eigenvalue weighted by atomic mass is 35.5. The molecule has 2 heteroatoms. The maximum atomic E-state index is 7.59. The Kier molecular flexibility index (Phi) is 0.845. The molecule has 0 amide bonds. The number of halogens is 1. The quantitative estimate of drug-likeness (QED) is 0.571. The molecule has 52 valence electrons.